The van der Waals surface area contributed by atoms with Gasteiger partial charge in [-0.2, -0.15) is 0 Å². The zero-order valence-electron chi connectivity index (χ0n) is 12.7. The summed E-state index contributed by atoms with van der Waals surface area (Å²) >= 11 is 0. The number of anilines is 1. The topological polar surface area (TPSA) is 41.6 Å². The lowest BCUT2D eigenvalue weighted by Gasteiger charge is -2.39. The van der Waals surface area contributed by atoms with Gasteiger partial charge < -0.3 is 15.0 Å². The van der Waals surface area contributed by atoms with Crippen LogP contribution in [0.3, 0.4) is 0 Å². The van der Waals surface area contributed by atoms with E-state index in [0.29, 0.717) is 31.7 Å². The molecule has 1 aliphatic heterocycles. The number of hydrogen-bond donors (Lipinski definition) is 1. The number of ether oxygens (including phenoxy) is 1. The molecule has 1 N–H and O–H groups in total. The van der Waals surface area contributed by atoms with Gasteiger partial charge in [-0.15, -0.1) is 0 Å². The molecule has 1 saturated heterocycles. The molecule has 4 nitrogen and oxygen atoms in total. The number of piperidine rings is 1. The van der Waals surface area contributed by atoms with E-state index in [4.69, 9.17) is 4.74 Å². The summed E-state index contributed by atoms with van der Waals surface area (Å²) in [7, 11) is 1.61. The number of nitrogens with one attached hydrogen (secondary N) is 1. The molecule has 1 aromatic rings. The number of carbonyl (C=O) groups is 1. The third-order valence-electron chi connectivity index (χ3n) is 4.14. The molecule has 0 spiro atoms. The summed E-state index contributed by atoms with van der Waals surface area (Å²) in [6.07, 6.45) is 1.43. The average Bonchev–Trinajstić information content (AvgIpc) is 2.51. The number of para-hydroxylation sites is 1. The van der Waals surface area contributed by atoms with E-state index in [1.807, 2.05) is 6.92 Å². The maximum Gasteiger partial charge on any atom is 0.235 e. The average molecular weight is 294 g/mol. The number of hydrogen-bond acceptors (Lipinski definition) is 3. The maximum atomic E-state index is 14.0. The van der Waals surface area contributed by atoms with Crippen molar-refractivity contribution in [3.8, 4) is 0 Å². The Labute approximate surface area is 125 Å². The number of nitrogens with zero attached hydrogens (tertiary/aromatic N) is 1. The first kappa shape index (κ1) is 15.9. The van der Waals surface area contributed by atoms with Gasteiger partial charge in [0.1, 0.15) is 5.82 Å². The summed E-state index contributed by atoms with van der Waals surface area (Å²) in [5.74, 6) is -0.410. The van der Waals surface area contributed by atoms with Gasteiger partial charge in [0.05, 0.1) is 17.7 Å². The largest absolute Gasteiger partial charge is 0.384 e. The highest BCUT2D eigenvalue weighted by atomic mass is 19.1. The second-order valence-electron chi connectivity index (χ2n) is 5.46. The Bertz CT molecular complexity index is 481. The molecule has 2 rings (SSSR count). The second kappa shape index (κ2) is 7.00. The molecule has 0 aromatic heterocycles. The predicted octanol–water partition coefficient (Wildman–Crippen LogP) is 2.19. The van der Waals surface area contributed by atoms with Crippen molar-refractivity contribution in [1.82, 2.24) is 5.32 Å². The van der Waals surface area contributed by atoms with Crippen molar-refractivity contribution >= 4 is 11.6 Å². The van der Waals surface area contributed by atoms with Crippen LogP contribution in [0.2, 0.25) is 0 Å². The molecule has 5 heteroatoms. The van der Waals surface area contributed by atoms with Crippen LogP contribution in [0.15, 0.2) is 24.3 Å². The molecular formula is C16H23FN2O2. The number of rotatable bonds is 5. The highest BCUT2D eigenvalue weighted by Crippen LogP contribution is 2.34. The van der Waals surface area contributed by atoms with E-state index in [1.165, 1.54) is 6.07 Å². The van der Waals surface area contributed by atoms with Gasteiger partial charge in [0, 0.05) is 13.7 Å². The Balaban J connectivity index is 2.31. The van der Waals surface area contributed by atoms with Crippen molar-refractivity contribution in [1.29, 1.82) is 0 Å². The van der Waals surface area contributed by atoms with Gasteiger partial charge in [-0.3, -0.25) is 4.79 Å². The fourth-order valence-corrected chi connectivity index (χ4v) is 2.98. The van der Waals surface area contributed by atoms with Gasteiger partial charge in [0.25, 0.3) is 0 Å². The van der Waals surface area contributed by atoms with E-state index in [0.717, 1.165) is 13.1 Å². The third kappa shape index (κ3) is 3.24. The molecule has 0 atom stereocenters. The van der Waals surface area contributed by atoms with E-state index in [9.17, 15) is 9.18 Å². The van der Waals surface area contributed by atoms with Crippen LogP contribution in [0.4, 0.5) is 10.1 Å². The van der Waals surface area contributed by atoms with Crippen LogP contribution in [-0.2, 0) is 9.53 Å². The Hall–Kier alpha value is -1.46. The monoisotopic (exact) mass is 294 g/mol. The fourth-order valence-electron chi connectivity index (χ4n) is 2.98. The lowest BCUT2D eigenvalue weighted by molar-refractivity contribution is -0.133. The molecular weight excluding hydrogens is 271 g/mol. The van der Waals surface area contributed by atoms with E-state index >= 15 is 0 Å². The first-order chi connectivity index (χ1) is 10.1. The quantitative estimate of drug-likeness (QED) is 0.905. The number of amides is 1. The second-order valence-corrected chi connectivity index (χ2v) is 5.46. The van der Waals surface area contributed by atoms with Crippen LogP contribution in [0.1, 0.15) is 19.8 Å². The van der Waals surface area contributed by atoms with Crippen LogP contribution in [0.5, 0.6) is 0 Å². The molecule has 21 heavy (non-hydrogen) atoms. The van der Waals surface area contributed by atoms with Crippen molar-refractivity contribution < 1.29 is 13.9 Å². The molecule has 0 unspecified atom stereocenters. The number of carbonyl (C=O) groups excluding carboxylic acids is 1. The zero-order valence-corrected chi connectivity index (χ0v) is 12.7. The van der Waals surface area contributed by atoms with Crippen molar-refractivity contribution in [2.24, 2.45) is 5.41 Å². The fraction of sp³-hybridized carbons (Fsp3) is 0.562. The molecule has 116 valence electrons. The van der Waals surface area contributed by atoms with Crippen molar-refractivity contribution in [2.45, 2.75) is 19.8 Å². The summed E-state index contributed by atoms with van der Waals surface area (Å²) in [6, 6.07) is 6.42. The van der Waals surface area contributed by atoms with Crippen LogP contribution in [0.25, 0.3) is 0 Å². The number of methoxy groups -OCH3 is 1. The van der Waals surface area contributed by atoms with Crippen LogP contribution in [0, 0.1) is 11.2 Å². The van der Waals surface area contributed by atoms with E-state index in [2.05, 4.69) is 5.32 Å². The highest BCUT2D eigenvalue weighted by molar-refractivity contribution is 5.98. The molecule has 1 heterocycles. The summed E-state index contributed by atoms with van der Waals surface area (Å²) in [4.78, 5) is 14.6. The predicted molar refractivity (Wildman–Crippen MR) is 80.8 cm³/mol. The Morgan fingerprint density at radius 1 is 1.38 bits per heavy atom. The molecule has 0 aliphatic carbocycles. The Kier molecular flexibility index (Phi) is 5.31. The number of benzene rings is 1. The normalized spacial score (nSPS) is 17.5. The maximum absolute atomic E-state index is 14.0. The highest BCUT2D eigenvalue weighted by Gasteiger charge is 2.42. The molecule has 1 fully saturated rings. The summed E-state index contributed by atoms with van der Waals surface area (Å²) in [6.45, 7) is 4.25. The van der Waals surface area contributed by atoms with Gasteiger partial charge in [-0.1, -0.05) is 12.1 Å². The minimum absolute atomic E-state index is 0.0431. The van der Waals surface area contributed by atoms with Gasteiger partial charge >= 0.3 is 0 Å². The molecule has 0 bridgehead atoms. The zero-order chi connectivity index (χ0) is 15.3. The van der Waals surface area contributed by atoms with E-state index in [1.54, 1.807) is 30.2 Å². The van der Waals surface area contributed by atoms with Crippen molar-refractivity contribution in [3.63, 3.8) is 0 Å². The summed E-state index contributed by atoms with van der Waals surface area (Å²) < 4.78 is 19.3. The first-order valence-electron chi connectivity index (χ1n) is 7.41. The number of halogens is 1. The Morgan fingerprint density at radius 2 is 2.05 bits per heavy atom. The molecule has 1 amide bonds. The SMILES string of the molecule is CCN(C(=O)C1(COC)CCNCC1)c1ccccc1F. The summed E-state index contributed by atoms with van der Waals surface area (Å²) in [5.41, 5.74) is -0.211. The van der Waals surface area contributed by atoms with Crippen molar-refractivity contribution in [2.75, 3.05) is 38.3 Å². The minimum Gasteiger partial charge on any atom is -0.384 e. The van der Waals surface area contributed by atoms with Crippen LogP contribution >= 0.6 is 0 Å². The van der Waals surface area contributed by atoms with Crippen LogP contribution in [-0.4, -0.2) is 39.3 Å². The van der Waals surface area contributed by atoms with Crippen molar-refractivity contribution in [3.05, 3.63) is 30.1 Å². The molecule has 0 saturated carbocycles. The van der Waals surface area contributed by atoms with Gasteiger partial charge in [0.15, 0.2) is 0 Å². The third-order valence-corrected chi connectivity index (χ3v) is 4.14. The molecule has 1 aromatic carbocycles. The lowest BCUT2D eigenvalue weighted by Crippen LogP contribution is -2.52. The van der Waals surface area contributed by atoms with Gasteiger partial charge in [-0.25, -0.2) is 4.39 Å². The van der Waals surface area contributed by atoms with E-state index in [-0.39, 0.29) is 11.7 Å². The molecule has 0 radical (unpaired) electrons. The smallest absolute Gasteiger partial charge is 0.235 e. The Morgan fingerprint density at radius 3 is 2.62 bits per heavy atom. The van der Waals surface area contributed by atoms with Crippen LogP contribution < -0.4 is 10.2 Å². The van der Waals surface area contributed by atoms with Gasteiger partial charge in [-0.05, 0) is 45.0 Å². The van der Waals surface area contributed by atoms with Gasteiger partial charge in [0.2, 0.25) is 5.91 Å². The van der Waals surface area contributed by atoms with E-state index < -0.39 is 5.41 Å². The summed E-state index contributed by atoms with van der Waals surface area (Å²) in [5, 5.41) is 3.26. The minimum atomic E-state index is -0.557. The first-order valence-corrected chi connectivity index (χ1v) is 7.41. The standard InChI is InChI=1S/C16H23FN2O2/c1-3-19(14-7-5-4-6-13(14)17)15(20)16(12-21-2)8-10-18-11-9-16/h4-7,18H,3,8-12H2,1-2H3. The molecule has 1 aliphatic rings. The lowest BCUT2D eigenvalue weighted by atomic mass is 9.78.